The summed E-state index contributed by atoms with van der Waals surface area (Å²) in [5, 5.41) is 8.68. The predicted molar refractivity (Wildman–Crippen MR) is 57.7 cm³/mol. The Labute approximate surface area is 92.0 Å². The zero-order valence-electron chi connectivity index (χ0n) is 7.91. The Hall–Kier alpha value is -1.35. The second-order valence-electron chi connectivity index (χ2n) is 2.89. The van der Waals surface area contributed by atoms with Crippen LogP contribution in [-0.2, 0) is 0 Å². The Bertz CT molecular complexity index is 388. The van der Waals surface area contributed by atoms with Crippen molar-refractivity contribution in [1.29, 1.82) is 0 Å². The highest BCUT2D eigenvalue weighted by atomic mass is 35.5. The molecule has 4 heteroatoms. The number of alkyl halides is 1. The van der Waals surface area contributed by atoms with Crippen LogP contribution in [0, 0.1) is 5.82 Å². The van der Waals surface area contributed by atoms with E-state index in [0.717, 1.165) is 0 Å². The molecule has 0 bridgehead atoms. The van der Waals surface area contributed by atoms with Gasteiger partial charge >= 0.3 is 5.97 Å². The van der Waals surface area contributed by atoms with Crippen LogP contribution in [-0.4, -0.2) is 17.0 Å². The van der Waals surface area contributed by atoms with Gasteiger partial charge in [-0.2, -0.15) is 0 Å². The smallest absolute Gasteiger partial charge is 0.338 e. The maximum Gasteiger partial charge on any atom is 0.338 e. The number of rotatable bonds is 4. The van der Waals surface area contributed by atoms with Crippen LogP contribution in [0.5, 0.6) is 0 Å². The van der Waals surface area contributed by atoms with E-state index in [0.29, 0.717) is 12.3 Å². The van der Waals surface area contributed by atoms with Gasteiger partial charge in [0.15, 0.2) is 0 Å². The first-order valence-electron chi connectivity index (χ1n) is 4.41. The second kappa shape index (κ2) is 5.51. The summed E-state index contributed by atoms with van der Waals surface area (Å²) in [7, 11) is 0. The molecule has 0 aliphatic rings. The number of carbonyl (C=O) groups is 1. The first-order valence-corrected chi connectivity index (χ1v) is 4.94. The number of carboxylic acid groups (broad SMARTS) is 1. The third kappa shape index (κ3) is 3.06. The number of hydrogen-bond acceptors (Lipinski definition) is 1. The minimum atomic E-state index is -1.26. The van der Waals surface area contributed by atoms with Crippen molar-refractivity contribution in [2.45, 2.75) is 6.42 Å². The fourth-order valence-electron chi connectivity index (χ4n) is 1.12. The molecule has 1 rings (SSSR count). The van der Waals surface area contributed by atoms with Crippen LogP contribution in [0.25, 0.3) is 6.08 Å². The minimum absolute atomic E-state index is 0.264. The summed E-state index contributed by atoms with van der Waals surface area (Å²) >= 11 is 5.45. The van der Waals surface area contributed by atoms with Crippen LogP contribution in [0.3, 0.4) is 0 Å². The second-order valence-corrected chi connectivity index (χ2v) is 3.27. The predicted octanol–water partition coefficient (Wildman–Crippen LogP) is 3.17. The fraction of sp³-hybridized carbons (Fsp3) is 0.182. The quantitative estimate of drug-likeness (QED) is 0.804. The fourth-order valence-corrected chi connectivity index (χ4v) is 1.24. The number of hydrogen-bond donors (Lipinski definition) is 1. The van der Waals surface area contributed by atoms with E-state index < -0.39 is 11.8 Å². The van der Waals surface area contributed by atoms with Crippen molar-refractivity contribution in [3.63, 3.8) is 0 Å². The van der Waals surface area contributed by atoms with Gasteiger partial charge in [-0.05, 0) is 12.5 Å². The van der Waals surface area contributed by atoms with E-state index >= 15 is 0 Å². The average molecular weight is 229 g/mol. The van der Waals surface area contributed by atoms with Crippen LogP contribution in [0.2, 0.25) is 0 Å². The molecule has 0 aliphatic carbocycles. The van der Waals surface area contributed by atoms with E-state index in [1.165, 1.54) is 24.3 Å². The molecule has 0 atom stereocenters. The Kier molecular flexibility index (Phi) is 4.31. The van der Waals surface area contributed by atoms with Gasteiger partial charge in [0.25, 0.3) is 0 Å². The lowest BCUT2D eigenvalue weighted by molar-refractivity contribution is 0.0692. The standard InChI is InChI=1S/C11H10ClFO2/c12-7-2-1-4-8-5-3-6-9(10(8)13)11(14)15/h1,3-6H,2,7H2,(H,14,15). The lowest BCUT2D eigenvalue weighted by Gasteiger charge is -2.00. The SMILES string of the molecule is O=C(O)c1cccc(C=CCCCl)c1F. The number of aromatic carboxylic acids is 1. The molecular weight excluding hydrogens is 219 g/mol. The summed E-state index contributed by atoms with van der Waals surface area (Å²) < 4.78 is 13.5. The summed E-state index contributed by atoms with van der Waals surface area (Å²) in [6.45, 7) is 0. The lowest BCUT2D eigenvalue weighted by atomic mass is 10.1. The molecule has 0 fully saturated rings. The van der Waals surface area contributed by atoms with Gasteiger partial charge < -0.3 is 5.11 Å². The van der Waals surface area contributed by atoms with Crippen molar-refractivity contribution < 1.29 is 14.3 Å². The van der Waals surface area contributed by atoms with Crippen LogP contribution < -0.4 is 0 Å². The van der Waals surface area contributed by atoms with Gasteiger partial charge in [-0.1, -0.05) is 24.3 Å². The molecule has 2 nitrogen and oxygen atoms in total. The molecule has 1 aromatic carbocycles. The lowest BCUT2D eigenvalue weighted by Crippen LogP contribution is -2.01. The Morgan fingerprint density at radius 1 is 1.53 bits per heavy atom. The Morgan fingerprint density at radius 3 is 2.87 bits per heavy atom. The molecular formula is C11H10ClFO2. The largest absolute Gasteiger partial charge is 0.478 e. The van der Waals surface area contributed by atoms with Gasteiger partial charge in [0.2, 0.25) is 0 Å². The van der Waals surface area contributed by atoms with Crippen LogP contribution in [0.1, 0.15) is 22.3 Å². The van der Waals surface area contributed by atoms with Crippen LogP contribution >= 0.6 is 11.6 Å². The summed E-state index contributed by atoms with van der Waals surface area (Å²) in [4.78, 5) is 10.6. The number of benzene rings is 1. The van der Waals surface area contributed by atoms with Crippen LogP contribution in [0.15, 0.2) is 24.3 Å². The van der Waals surface area contributed by atoms with Crippen molar-refractivity contribution in [2.24, 2.45) is 0 Å². The highest BCUT2D eigenvalue weighted by Crippen LogP contribution is 2.14. The van der Waals surface area contributed by atoms with Crippen molar-refractivity contribution in [2.75, 3.05) is 5.88 Å². The zero-order chi connectivity index (χ0) is 11.3. The molecule has 1 aromatic rings. The normalized spacial score (nSPS) is 10.8. The summed E-state index contributed by atoms with van der Waals surface area (Å²) in [5.74, 6) is -1.52. The van der Waals surface area contributed by atoms with E-state index in [1.54, 1.807) is 6.08 Å². The minimum Gasteiger partial charge on any atom is -0.478 e. The molecule has 0 spiro atoms. The molecule has 0 radical (unpaired) electrons. The summed E-state index contributed by atoms with van der Waals surface area (Å²) in [6, 6.07) is 4.26. The Morgan fingerprint density at radius 2 is 2.27 bits per heavy atom. The van der Waals surface area contributed by atoms with Gasteiger partial charge in [-0.3, -0.25) is 0 Å². The van der Waals surface area contributed by atoms with E-state index in [9.17, 15) is 9.18 Å². The maximum absolute atomic E-state index is 13.5. The third-order valence-corrected chi connectivity index (χ3v) is 2.05. The molecule has 0 heterocycles. The Balaban J connectivity index is 2.99. The van der Waals surface area contributed by atoms with E-state index in [4.69, 9.17) is 16.7 Å². The molecule has 1 N–H and O–H groups in total. The van der Waals surface area contributed by atoms with Crippen LogP contribution in [0.4, 0.5) is 4.39 Å². The average Bonchev–Trinajstić information content (AvgIpc) is 2.20. The number of allylic oxidation sites excluding steroid dienone is 1. The topological polar surface area (TPSA) is 37.3 Å². The molecule has 0 aromatic heterocycles. The molecule has 0 unspecified atom stereocenters. The zero-order valence-corrected chi connectivity index (χ0v) is 8.67. The van der Waals surface area contributed by atoms with Crippen molar-refractivity contribution in [3.8, 4) is 0 Å². The molecule has 0 amide bonds. The maximum atomic E-state index is 13.5. The van der Waals surface area contributed by atoms with E-state index in [1.807, 2.05) is 0 Å². The molecule has 80 valence electrons. The molecule has 0 saturated heterocycles. The molecule has 0 aliphatic heterocycles. The third-order valence-electron chi connectivity index (χ3n) is 1.83. The summed E-state index contributed by atoms with van der Waals surface area (Å²) in [6.07, 6.45) is 3.86. The first-order chi connectivity index (χ1) is 7.16. The highest BCUT2D eigenvalue weighted by molar-refractivity contribution is 6.17. The van der Waals surface area contributed by atoms with Gasteiger partial charge in [0.05, 0.1) is 5.56 Å². The number of halogens is 2. The van der Waals surface area contributed by atoms with Gasteiger partial charge in [0.1, 0.15) is 5.82 Å². The van der Waals surface area contributed by atoms with E-state index in [2.05, 4.69) is 0 Å². The van der Waals surface area contributed by atoms with Gasteiger partial charge in [-0.15, -0.1) is 11.6 Å². The van der Waals surface area contributed by atoms with Gasteiger partial charge in [-0.25, -0.2) is 9.18 Å². The molecule has 0 saturated carbocycles. The number of carboxylic acids is 1. The van der Waals surface area contributed by atoms with Gasteiger partial charge in [0, 0.05) is 11.4 Å². The molecule has 15 heavy (non-hydrogen) atoms. The monoisotopic (exact) mass is 228 g/mol. The van der Waals surface area contributed by atoms with Crippen molar-refractivity contribution >= 4 is 23.6 Å². The van der Waals surface area contributed by atoms with Crippen molar-refractivity contribution in [3.05, 3.63) is 41.2 Å². The van der Waals surface area contributed by atoms with E-state index in [-0.39, 0.29) is 11.1 Å². The summed E-state index contributed by atoms with van der Waals surface area (Å²) in [5.41, 5.74) is -0.0527. The highest BCUT2D eigenvalue weighted by Gasteiger charge is 2.11. The first kappa shape index (κ1) is 11.7. The van der Waals surface area contributed by atoms with Crippen molar-refractivity contribution in [1.82, 2.24) is 0 Å².